The third kappa shape index (κ3) is 12.8. The topological polar surface area (TPSA) is 74.6 Å². The maximum atomic E-state index is 12.9. The van der Waals surface area contributed by atoms with E-state index in [0.717, 1.165) is 44.1 Å². The van der Waals surface area contributed by atoms with Crippen LogP contribution in [0.4, 0.5) is 0 Å². The molecule has 0 spiro atoms. The lowest BCUT2D eigenvalue weighted by Gasteiger charge is -2.48. The highest BCUT2D eigenvalue weighted by Gasteiger charge is 2.61. The third-order valence-corrected chi connectivity index (χ3v) is 9.53. The van der Waals surface area contributed by atoms with Crippen LogP contribution >= 0.6 is 0 Å². The van der Waals surface area contributed by atoms with Gasteiger partial charge in [-0.2, -0.15) is 0 Å². The molecule has 4 nitrogen and oxygen atoms in total. The number of rotatable bonds is 26. The summed E-state index contributed by atoms with van der Waals surface area (Å²) in [6.45, 7) is 6.48. The maximum absolute atomic E-state index is 12.9. The van der Waals surface area contributed by atoms with Crippen LogP contribution in [0.3, 0.4) is 0 Å². The van der Waals surface area contributed by atoms with E-state index >= 15 is 0 Å². The van der Waals surface area contributed by atoms with E-state index in [1.54, 1.807) is 0 Å². The fraction of sp³-hybridized carbons (Fsp3) is 0.886. The van der Waals surface area contributed by atoms with Gasteiger partial charge in [0.05, 0.1) is 10.8 Å². The molecule has 0 aromatic heterocycles. The molecule has 0 saturated carbocycles. The van der Waals surface area contributed by atoms with Crippen molar-refractivity contribution in [1.29, 1.82) is 0 Å². The molecular weight excluding hydrogens is 484 g/mol. The van der Waals surface area contributed by atoms with Crippen molar-refractivity contribution >= 4 is 11.9 Å². The molecule has 0 saturated heterocycles. The first-order valence-corrected chi connectivity index (χ1v) is 17.0. The molecule has 0 bridgehead atoms. The Morgan fingerprint density at radius 3 is 1.21 bits per heavy atom. The minimum Gasteiger partial charge on any atom is -0.481 e. The Labute approximate surface area is 241 Å². The van der Waals surface area contributed by atoms with Crippen LogP contribution in [-0.4, -0.2) is 22.2 Å². The summed E-state index contributed by atoms with van der Waals surface area (Å²) in [5.74, 6) is -1.80. The minimum atomic E-state index is -1.19. The SMILES string of the molecule is CCCCCCCCCCCCCC1(C(=O)O)CC=C(C)CC1(CCCCCCCCCCCCC)C(=O)O. The van der Waals surface area contributed by atoms with Crippen LogP contribution in [0, 0.1) is 10.8 Å². The molecule has 0 radical (unpaired) electrons. The molecule has 0 fully saturated rings. The lowest BCUT2D eigenvalue weighted by molar-refractivity contribution is -0.177. The van der Waals surface area contributed by atoms with Gasteiger partial charge < -0.3 is 10.2 Å². The number of aliphatic carboxylic acids is 2. The van der Waals surface area contributed by atoms with Crippen molar-refractivity contribution in [2.24, 2.45) is 10.8 Å². The Kier molecular flexibility index (Phi) is 19.6. The van der Waals surface area contributed by atoms with Crippen molar-refractivity contribution in [3.05, 3.63) is 11.6 Å². The van der Waals surface area contributed by atoms with Gasteiger partial charge >= 0.3 is 11.9 Å². The smallest absolute Gasteiger partial charge is 0.311 e. The van der Waals surface area contributed by atoms with Crippen molar-refractivity contribution in [2.45, 2.75) is 188 Å². The fourth-order valence-electron chi connectivity index (χ4n) is 6.90. The number of hydrogen-bond donors (Lipinski definition) is 2. The number of hydrogen-bond acceptors (Lipinski definition) is 2. The fourth-order valence-corrected chi connectivity index (χ4v) is 6.90. The Morgan fingerprint density at radius 1 is 0.564 bits per heavy atom. The van der Waals surface area contributed by atoms with Gasteiger partial charge in [-0.25, -0.2) is 0 Å². The standard InChI is InChI=1S/C35H64O4/c1-4-6-8-10-12-14-16-18-20-22-24-27-34(32(36)37)29-26-31(3)30-35(34,33(38)39)28-25-23-21-19-17-15-13-11-9-7-5-2/h26H,4-25,27-30H2,1-3H3,(H,36,37)(H,38,39). The maximum Gasteiger partial charge on any atom is 0.311 e. The second kappa shape index (κ2) is 21.4. The van der Waals surface area contributed by atoms with E-state index in [-0.39, 0.29) is 0 Å². The normalized spacial score (nSPS) is 21.2. The predicted molar refractivity (Wildman–Crippen MR) is 165 cm³/mol. The lowest BCUT2D eigenvalue weighted by atomic mass is 9.52. The van der Waals surface area contributed by atoms with Crippen molar-refractivity contribution in [3.8, 4) is 0 Å². The van der Waals surface area contributed by atoms with E-state index in [2.05, 4.69) is 13.8 Å². The number of carboxylic acids is 2. The molecule has 1 rings (SSSR count). The second-order valence-corrected chi connectivity index (χ2v) is 12.8. The van der Waals surface area contributed by atoms with Crippen LogP contribution in [-0.2, 0) is 9.59 Å². The van der Waals surface area contributed by atoms with Gasteiger partial charge in [0.25, 0.3) is 0 Å². The summed E-state index contributed by atoms with van der Waals surface area (Å²) < 4.78 is 0. The molecule has 0 heterocycles. The van der Waals surface area contributed by atoms with Crippen LogP contribution in [0.2, 0.25) is 0 Å². The van der Waals surface area contributed by atoms with Crippen molar-refractivity contribution < 1.29 is 19.8 Å². The number of carboxylic acid groups (broad SMARTS) is 2. The van der Waals surface area contributed by atoms with Gasteiger partial charge in [0, 0.05) is 0 Å². The van der Waals surface area contributed by atoms with Crippen LogP contribution in [0.25, 0.3) is 0 Å². The summed E-state index contributed by atoms with van der Waals surface area (Å²) in [6, 6.07) is 0. The molecule has 0 aromatic carbocycles. The molecule has 228 valence electrons. The average molecular weight is 549 g/mol. The van der Waals surface area contributed by atoms with Gasteiger partial charge in [0.2, 0.25) is 0 Å². The lowest BCUT2D eigenvalue weighted by Crippen LogP contribution is -2.54. The highest BCUT2D eigenvalue weighted by molar-refractivity contribution is 5.87. The third-order valence-electron chi connectivity index (χ3n) is 9.53. The summed E-state index contributed by atoms with van der Waals surface area (Å²) in [5, 5.41) is 21.0. The molecule has 1 aliphatic rings. The molecule has 2 atom stereocenters. The Hall–Kier alpha value is -1.32. The molecule has 4 heteroatoms. The molecule has 0 aromatic rings. The summed E-state index contributed by atoms with van der Waals surface area (Å²) in [5.41, 5.74) is -1.33. The predicted octanol–water partition coefficient (Wildman–Crippen LogP) is 11.3. The van der Waals surface area contributed by atoms with Gasteiger partial charge in [0.1, 0.15) is 0 Å². The van der Waals surface area contributed by atoms with Gasteiger partial charge in [-0.05, 0) is 32.6 Å². The van der Waals surface area contributed by atoms with Gasteiger partial charge in [-0.1, -0.05) is 167 Å². The molecule has 0 amide bonds. The molecule has 0 aliphatic heterocycles. The highest BCUT2D eigenvalue weighted by Crippen LogP contribution is 2.56. The van der Waals surface area contributed by atoms with E-state index in [9.17, 15) is 19.8 Å². The van der Waals surface area contributed by atoms with E-state index < -0.39 is 22.8 Å². The summed E-state index contributed by atoms with van der Waals surface area (Å²) >= 11 is 0. The van der Waals surface area contributed by atoms with Crippen molar-refractivity contribution in [3.63, 3.8) is 0 Å². The second-order valence-electron chi connectivity index (χ2n) is 12.8. The largest absolute Gasteiger partial charge is 0.481 e. The Balaban J connectivity index is 2.55. The monoisotopic (exact) mass is 548 g/mol. The molecule has 2 unspecified atom stereocenters. The first kappa shape index (κ1) is 35.7. The summed E-state index contributed by atoms with van der Waals surface area (Å²) in [6.07, 6.45) is 30.4. The van der Waals surface area contributed by atoms with Gasteiger partial charge in [0.15, 0.2) is 0 Å². The van der Waals surface area contributed by atoms with E-state index in [1.165, 1.54) is 103 Å². The van der Waals surface area contributed by atoms with Crippen molar-refractivity contribution in [2.75, 3.05) is 0 Å². The van der Waals surface area contributed by atoms with Crippen molar-refractivity contribution in [1.82, 2.24) is 0 Å². The Morgan fingerprint density at radius 2 is 0.872 bits per heavy atom. The van der Waals surface area contributed by atoms with E-state index in [0.29, 0.717) is 25.7 Å². The quantitative estimate of drug-likeness (QED) is 0.0832. The zero-order chi connectivity index (χ0) is 28.8. The molecular formula is C35H64O4. The zero-order valence-electron chi connectivity index (χ0n) is 26.2. The summed E-state index contributed by atoms with van der Waals surface area (Å²) in [7, 11) is 0. The first-order valence-electron chi connectivity index (χ1n) is 17.0. The number of unbranched alkanes of at least 4 members (excludes halogenated alkanes) is 20. The van der Waals surface area contributed by atoms with Gasteiger partial charge in [-0.15, -0.1) is 0 Å². The first-order chi connectivity index (χ1) is 18.9. The average Bonchev–Trinajstić information content (AvgIpc) is 2.91. The van der Waals surface area contributed by atoms with Gasteiger partial charge in [-0.3, -0.25) is 9.59 Å². The molecule has 1 aliphatic carbocycles. The Bertz CT molecular complexity index is 684. The highest BCUT2D eigenvalue weighted by atomic mass is 16.4. The van der Waals surface area contributed by atoms with Crippen LogP contribution in [0.5, 0.6) is 0 Å². The van der Waals surface area contributed by atoms with E-state index in [1.807, 2.05) is 13.0 Å². The number of carbonyl (C=O) groups is 2. The number of allylic oxidation sites excluding steroid dienone is 2. The minimum absolute atomic E-state index is 0.357. The molecule has 39 heavy (non-hydrogen) atoms. The van der Waals surface area contributed by atoms with Crippen LogP contribution in [0.1, 0.15) is 188 Å². The van der Waals surface area contributed by atoms with Crippen LogP contribution < -0.4 is 0 Å². The zero-order valence-corrected chi connectivity index (χ0v) is 26.2. The van der Waals surface area contributed by atoms with E-state index in [4.69, 9.17) is 0 Å². The summed E-state index contributed by atoms with van der Waals surface area (Å²) in [4.78, 5) is 25.7. The molecule has 2 N–H and O–H groups in total. The van der Waals surface area contributed by atoms with Crippen LogP contribution in [0.15, 0.2) is 11.6 Å².